The Labute approximate surface area is 120 Å². The number of hydrogen-bond donors (Lipinski definition) is 0. The van der Waals surface area contributed by atoms with Crippen LogP contribution in [0.4, 0.5) is 0 Å². The first kappa shape index (κ1) is 13.2. The van der Waals surface area contributed by atoms with Gasteiger partial charge in [-0.25, -0.2) is 0 Å². The Kier molecular flexibility index (Phi) is 4.73. The summed E-state index contributed by atoms with van der Waals surface area (Å²) in [7, 11) is 0. The van der Waals surface area contributed by atoms with Crippen molar-refractivity contribution in [3.63, 3.8) is 0 Å². The molecule has 17 heavy (non-hydrogen) atoms. The molecule has 2 nitrogen and oxygen atoms in total. The normalized spacial score (nSPS) is 20.4. The molecule has 1 fully saturated rings. The topological polar surface area (TPSA) is 20.3 Å². The summed E-state index contributed by atoms with van der Waals surface area (Å²) < 4.78 is 1.17. The van der Waals surface area contributed by atoms with E-state index in [0.717, 1.165) is 30.8 Å². The fraction of sp³-hybridized carbons (Fsp3) is 0.462. The maximum Gasteiger partial charge on any atom is 0.253 e. The van der Waals surface area contributed by atoms with Gasteiger partial charge in [0, 0.05) is 33.2 Å². The van der Waals surface area contributed by atoms with E-state index in [0.29, 0.717) is 5.25 Å². The molecule has 1 heterocycles. The van der Waals surface area contributed by atoms with Crippen molar-refractivity contribution in [2.45, 2.75) is 18.6 Å². The molecule has 0 saturated carbocycles. The zero-order valence-corrected chi connectivity index (χ0v) is 12.8. The second kappa shape index (κ2) is 6.09. The van der Waals surface area contributed by atoms with Crippen molar-refractivity contribution in [2.24, 2.45) is 0 Å². The third kappa shape index (κ3) is 3.37. The molecule has 1 amide bonds. The highest BCUT2D eigenvalue weighted by atomic mass is 127. The summed E-state index contributed by atoms with van der Waals surface area (Å²) in [5.41, 5.74) is 0.812. The zero-order valence-electron chi connectivity index (χ0n) is 9.86. The highest BCUT2D eigenvalue weighted by Crippen LogP contribution is 2.22. The zero-order chi connectivity index (χ0) is 12.3. The van der Waals surface area contributed by atoms with Gasteiger partial charge in [-0.05, 0) is 53.3 Å². The Balaban J connectivity index is 2.06. The quantitative estimate of drug-likeness (QED) is 0.754. The van der Waals surface area contributed by atoms with E-state index in [1.165, 1.54) is 3.57 Å². The second-order valence-electron chi connectivity index (χ2n) is 4.16. The van der Waals surface area contributed by atoms with Crippen molar-refractivity contribution in [2.75, 3.05) is 18.8 Å². The largest absolute Gasteiger partial charge is 0.337 e. The molecule has 1 atom stereocenters. The number of amides is 1. The van der Waals surface area contributed by atoms with Gasteiger partial charge in [-0.3, -0.25) is 4.79 Å². The van der Waals surface area contributed by atoms with Crippen molar-refractivity contribution in [1.29, 1.82) is 0 Å². The fourth-order valence-corrected chi connectivity index (χ4v) is 3.47. The standard InChI is InChI=1S/C13H16INOS/c1-2-12-9-15(7-8-17-12)13(16)10-3-5-11(14)6-4-10/h3-6,12H,2,7-9H2,1H3. The average Bonchev–Trinajstić information content (AvgIpc) is 2.39. The van der Waals surface area contributed by atoms with Crippen molar-refractivity contribution < 1.29 is 4.79 Å². The molecule has 1 aromatic rings. The summed E-state index contributed by atoms with van der Waals surface area (Å²) in [6, 6.07) is 7.83. The number of thioether (sulfide) groups is 1. The summed E-state index contributed by atoms with van der Waals surface area (Å²) in [5.74, 6) is 1.24. The number of carbonyl (C=O) groups excluding carboxylic acids is 1. The van der Waals surface area contributed by atoms with Crippen LogP contribution >= 0.6 is 34.4 Å². The van der Waals surface area contributed by atoms with Gasteiger partial charge in [0.05, 0.1) is 0 Å². The van der Waals surface area contributed by atoms with Gasteiger partial charge < -0.3 is 4.90 Å². The monoisotopic (exact) mass is 361 g/mol. The summed E-state index contributed by atoms with van der Waals surface area (Å²) in [6.07, 6.45) is 1.14. The molecule has 0 N–H and O–H groups in total. The van der Waals surface area contributed by atoms with Crippen LogP contribution in [0.15, 0.2) is 24.3 Å². The van der Waals surface area contributed by atoms with E-state index < -0.39 is 0 Å². The van der Waals surface area contributed by atoms with E-state index in [4.69, 9.17) is 0 Å². The van der Waals surface area contributed by atoms with Crippen LogP contribution in [0.3, 0.4) is 0 Å². The van der Waals surface area contributed by atoms with Crippen LogP contribution in [0.2, 0.25) is 0 Å². The van der Waals surface area contributed by atoms with Crippen LogP contribution in [0, 0.1) is 3.57 Å². The molecule has 1 aliphatic rings. The number of halogens is 1. The second-order valence-corrected chi connectivity index (χ2v) is 6.81. The summed E-state index contributed by atoms with van der Waals surface area (Å²) in [4.78, 5) is 14.3. The molecule has 1 aromatic carbocycles. The third-order valence-corrected chi connectivity index (χ3v) is 5.06. The van der Waals surface area contributed by atoms with E-state index in [2.05, 4.69) is 29.5 Å². The first-order chi connectivity index (χ1) is 8.20. The van der Waals surface area contributed by atoms with E-state index in [1.54, 1.807) is 0 Å². The smallest absolute Gasteiger partial charge is 0.253 e. The average molecular weight is 361 g/mol. The van der Waals surface area contributed by atoms with Gasteiger partial charge in [-0.2, -0.15) is 11.8 Å². The van der Waals surface area contributed by atoms with Gasteiger partial charge in [-0.1, -0.05) is 6.92 Å². The van der Waals surface area contributed by atoms with Crippen LogP contribution in [0.5, 0.6) is 0 Å². The molecule has 1 unspecified atom stereocenters. The lowest BCUT2D eigenvalue weighted by Gasteiger charge is -2.32. The Hall–Kier alpha value is -0.230. The summed E-state index contributed by atoms with van der Waals surface area (Å²) >= 11 is 4.24. The lowest BCUT2D eigenvalue weighted by atomic mass is 10.2. The Morgan fingerprint density at radius 2 is 2.18 bits per heavy atom. The molecule has 92 valence electrons. The number of hydrogen-bond acceptors (Lipinski definition) is 2. The van der Waals surface area contributed by atoms with Crippen molar-refractivity contribution >= 4 is 40.3 Å². The Bertz CT molecular complexity index is 393. The molecule has 0 bridgehead atoms. The van der Waals surface area contributed by atoms with Gasteiger partial charge in [0.25, 0.3) is 5.91 Å². The fourth-order valence-electron chi connectivity index (χ4n) is 1.93. The molecule has 4 heteroatoms. The van der Waals surface area contributed by atoms with Gasteiger partial charge in [0.1, 0.15) is 0 Å². The Morgan fingerprint density at radius 3 is 2.82 bits per heavy atom. The van der Waals surface area contributed by atoms with Crippen LogP contribution in [-0.2, 0) is 0 Å². The minimum Gasteiger partial charge on any atom is -0.337 e. The minimum atomic E-state index is 0.181. The lowest BCUT2D eigenvalue weighted by Crippen LogP contribution is -2.41. The third-order valence-electron chi connectivity index (χ3n) is 2.97. The molecule has 0 aliphatic carbocycles. The van der Waals surface area contributed by atoms with Crippen LogP contribution in [0.25, 0.3) is 0 Å². The van der Waals surface area contributed by atoms with E-state index in [1.807, 2.05) is 40.9 Å². The van der Waals surface area contributed by atoms with Crippen LogP contribution < -0.4 is 0 Å². The highest BCUT2D eigenvalue weighted by molar-refractivity contribution is 14.1. The van der Waals surface area contributed by atoms with Gasteiger partial charge >= 0.3 is 0 Å². The van der Waals surface area contributed by atoms with Crippen LogP contribution in [-0.4, -0.2) is 34.9 Å². The maximum atomic E-state index is 12.3. The molecule has 1 aliphatic heterocycles. The molecule has 0 aromatic heterocycles. The molecule has 0 radical (unpaired) electrons. The van der Waals surface area contributed by atoms with Gasteiger partial charge in [0.15, 0.2) is 0 Å². The minimum absolute atomic E-state index is 0.181. The molecule has 2 rings (SSSR count). The lowest BCUT2D eigenvalue weighted by molar-refractivity contribution is 0.0761. The molecule has 0 spiro atoms. The molecule has 1 saturated heterocycles. The SMILES string of the molecule is CCC1CN(C(=O)c2ccc(I)cc2)CCS1. The first-order valence-electron chi connectivity index (χ1n) is 5.87. The van der Waals surface area contributed by atoms with Crippen molar-refractivity contribution in [1.82, 2.24) is 4.90 Å². The number of benzene rings is 1. The molecular formula is C13H16INOS. The van der Waals surface area contributed by atoms with Crippen molar-refractivity contribution in [3.8, 4) is 0 Å². The Morgan fingerprint density at radius 1 is 1.47 bits per heavy atom. The predicted octanol–water partition coefficient (Wildman–Crippen LogP) is 3.26. The first-order valence-corrected chi connectivity index (χ1v) is 8.00. The van der Waals surface area contributed by atoms with E-state index in [9.17, 15) is 4.79 Å². The maximum absolute atomic E-state index is 12.3. The van der Waals surface area contributed by atoms with Crippen molar-refractivity contribution in [3.05, 3.63) is 33.4 Å². The highest BCUT2D eigenvalue weighted by Gasteiger charge is 2.23. The summed E-state index contributed by atoms with van der Waals surface area (Å²) in [6.45, 7) is 3.97. The number of rotatable bonds is 2. The predicted molar refractivity (Wildman–Crippen MR) is 81.6 cm³/mol. The van der Waals surface area contributed by atoms with Gasteiger partial charge in [-0.15, -0.1) is 0 Å². The van der Waals surface area contributed by atoms with Crippen LogP contribution in [0.1, 0.15) is 23.7 Å². The number of nitrogens with zero attached hydrogens (tertiary/aromatic N) is 1. The summed E-state index contributed by atoms with van der Waals surface area (Å²) in [5, 5.41) is 0.608. The molecular weight excluding hydrogens is 345 g/mol. The number of carbonyl (C=O) groups is 1. The van der Waals surface area contributed by atoms with E-state index in [-0.39, 0.29) is 5.91 Å². The van der Waals surface area contributed by atoms with E-state index >= 15 is 0 Å². The van der Waals surface area contributed by atoms with Gasteiger partial charge in [0.2, 0.25) is 0 Å².